The third-order valence-corrected chi connectivity index (χ3v) is 2.97. The minimum absolute atomic E-state index is 0.461. The van der Waals surface area contributed by atoms with Gasteiger partial charge in [-0.05, 0) is 37.3 Å². The van der Waals surface area contributed by atoms with Crippen molar-refractivity contribution in [3.63, 3.8) is 0 Å². The maximum absolute atomic E-state index is 5.85. The highest BCUT2D eigenvalue weighted by molar-refractivity contribution is 5.86. The van der Waals surface area contributed by atoms with Gasteiger partial charge in [-0.15, -0.1) is 0 Å². The van der Waals surface area contributed by atoms with E-state index in [0.29, 0.717) is 18.2 Å². The molecule has 0 aliphatic heterocycles. The number of ether oxygens (including phenoxy) is 2. The van der Waals surface area contributed by atoms with Gasteiger partial charge in [0.2, 0.25) is 0 Å². The summed E-state index contributed by atoms with van der Waals surface area (Å²) < 4.78 is 11.3. The van der Waals surface area contributed by atoms with Crippen LogP contribution in [0.4, 0.5) is 5.82 Å². The topological polar surface area (TPSA) is 70.3 Å². The lowest BCUT2D eigenvalue weighted by Gasteiger charge is -2.09. The van der Waals surface area contributed by atoms with Gasteiger partial charge in [-0.2, -0.15) is 0 Å². The SMILES string of the molecule is CCOc1ccc2c(Oc3ccc(N)nc3)ccnc2c1. The van der Waals surface area contributed by atoms with E-state index in [1.54, 1.807) is 24.5 Å². The van der Waals surface area contributed by atoms with Gasteiger partial charge in [0, 0.05) is 17.6 Å². The summed E-state index contributed by atoms with van der Waals surface area (Å²) in [6.07, 6.45) is 3.30. The van der Waals surface area contributed by atoms with E-state index >= 15 is 0 Å². The van der Waals surface area contributed by atoms with Crippen molar-refractivity contribution in [3.05, 3.63) is 48.8 Å². The maximum Gasteiger partial charge on any atom is 0.145 e. The predicted molar refractivity (Wildman–Crippen MR) is 81.6 cm³/mol. The van der Waals surface area contributed by atoms with Gasteiger partial charge < -0.3 is 15.2 Å². The third kappa shape index (κ3) is 2.86. The van der Waals surface area contributed by atoms with Crippen LogP contribution in [-0.4, -0.2) is 16.6 Å². The van der Waals surface area contributed by atoms with Crippen LogP contribution in [0.3, 0.4) is 0 Å². The fourth-order valence-corrected chi connectivity index (χ4v) is 2.03. The summed E-state index contributed by atoms with van der Waals surface area (Å²) in [5.74, 6) is 2.60. The second kappa shape index (κ2) is 5.66. The van der Waals surface area contributed by atoms with Crippen molar-refractivity contribution < 1.29 is 9.47 Å². The van der Waals surface area contributed by atoms with Gasteiger partial charge in [-0.3, -0.25) is 4.98 Å². The summed E-state index contributed by atoms with van der Waals surface area (Å²) in [6, 6.07) is 11.0. The predicted octanol–water partition coefficient (Wildman–Crippen LogP) is 3.40. The zero-order valence-corrected chi connectivity index (χ0v) is 11.6. The molecule has 0 saturated heterocycles. The van der Waals surface area contributed by atoms with Crippen molar-refractivity contribution in [2.24, 2.45) is 0 Å². The van der Waals surface area contributed by atoms with Gasteiger partial charge in [0.15, 0.2) is 0 Å². The number of nitrogens with two attached hydrogens (primary N) is 1. The van der Waals surface area contributed by atoms with Gasteiger partial charge in [-0.1, -0.05) is 0 Å². The zero-order valence-electron chi connectivity index (χ0n) is 11.6. The largest absolute Gasteiger partial charge is 0.494 e. The second-order valence-corrected chi connectivity index (χ2v) is 4.44. The number of nitrogens with zero attached hydrogens (tertiary/aromatic N) is 2. The first-order chi connectivity index (χ1) is 10.3. The van der Waals surface area contributed by atoms with Crippen LogP contribution in [-0.2, 0) is 0 Å². The quantitative estimate of drug-likeness (QED) is 0.793. The number of pyridine rings is 2. The molecule has 2 heterocycles. The average molecular weight is 281 g/mol. The van der Waals surface area contributed by atoms with Crippen molar-refractivity contribution >= 4 is 16.7 Å². The number of nitrogen functional groups attached to an aromatic ring is 1. The summed E-state index contributed by atoms with van der Waals surface area (Å²) in [7, 11) is 0. The molecule has 3 aromatic rings. The molecule has 0 saturated carbocycles. The molecule has 0 aliphatic carbocycles. The number of benzene rings is 1. The standard InChI is InChI=1S/C16H15N3O2/c1-2-20-11-3-5-13-14(9-11)18-8-7-15(13)21-12-4-6-16(17)19-10-12/h3-10H,2H2,1H3,(H2,17,19). The van der Waals surface area contributed by atoms with Gasteiger partial charge >= 0.3 is 0 Å². The summed E-state index contributed by atoms with van der Waals surface area (Å²) in [5, 5.41) is 0.915. The van der Waals surface area contributed by atoms with E-state index in [1.807, 2.05) is 31.2 Å². The molecule has 2 N–H and O–H groups in total. The van der Waals surface area contributed by atoms with E-state index in [2.05, 4.69) is 9.97 Å². The number of hydrogen-bond donors (Lipinski definition) is 1. The highest BCUT2D eigenvalue weighted by atomic mass is 16.5. The normalized spacial score (nSPS) is 10.5. The molecule has 21 heavy (non-hydrogen) atoms. The van der Waals surface area contributed by atoms with Crippen LogP contribution in [0.5, 0.6) is 17.2 Å². The fourth-order valence-electron chi connectivity index (χ4n) is 2.03. The van der Waals surface area contributed by atoms with E-state index in [-0.39, 0.29) is 0 Å². The second-order valence-electron chi connectivity index (χ2n) is 4.44. The Morgan fingerprint density at radius 1 is 1.05 bits per heavy atom. The molecule has 0 unspecified atom stereocenters. The molecular weight excluding hydrogens is 266 g/mol. The van der Waals surface area contributed by atoms with Crippen LogP contribution < -0.4 is 15.2 Å². The molecule has 1 aromatic carbocycles. The molecule has 0 spiro atoms. The first-order valence-corrected chi connectivity index (χ1v) is 6.67. The Morgan fingerprint density at radius 3 is 2.67 bits per heavy atom. The minimum atomic E-state index is 0.461. The Kier molecular flexibility index (Phi) is 3.55. The summed E-state index contributed by atoms with van der Waals surface area (Å²) in [4.78, 5) is 8.36. The molecule has 0 amide bonds. The van der Waals surface area contributed by atoms with E-state index in [9.17, 15) is 0 Å². The maximum atomic E-state index is 5.85. The lowest BCUT2D eigenvalue weighted by molar-refractivity contribution is 0.340. The Hall–Kier alpha value is -2.82. The van der Waals surface area contributed by atoms with Gasteiger partial charge in [-0.25, -0.2) is 4.98 Å². The average Bonchev–Trinajstić information content (AvgIpc) is 2.50. The van der Waals surface area contributed by atoms with Gasteiger partial charge in [0.1, 0.15) is 23.1 Å². The van der Waals surface area contributed by atoms with Crippen LogP contribution in [0.25, 0.3) is 10.9 Å². The van der Waals surface area contributed by atoms with Crippen LogP contribution in [0, 0.1) is 0 Å². The van der Waals surface area contributed by atoms with Crippen LogP contribution in [0.15, 0.2) is 48.8 Å². The minimum Gasteiger partial charge on any atom is -0.494 e. The number of rotatable bonds is 4. The number of hydrogen-bond acceptors (Lipinski definition) is 5. The highest BCUT2D eigenvalue weighted by Crippen LogP contribution is 2.30. The number of anilines is 1. The summed E-state index contributed by atoms with van der Waals surface area (Å²) in [6.45, 7) is 2.57. The summed E-state index contributed by atoms with van der Waals surface area (Å²) >= 11 is 0. The monoisotopic (exact) mass is 281 g/mol. The molecule has 0 aliphatic rings. The highest BCUT2D eigenvalue weighted by Gasteiger charge is 2.06. The molecule has 0 bridgehead atoms. The van der Waals surface area contributed by atoms with Crippen molar-refractivity contribution in [2.75, 3.05) is 12.3 Å². The molecule has 5 heteroatoms. The Bertz CT molecular complexity index is 757. The van der Waals surface area contributed by atoms with E-state index in [4.69, 9.17) is 15.2 Å². The Balaban J connectivity index is 1.96. The number of fused-ring (bicyclic) bond motifs is 1. The summed E-state index contributed by atoms with van der Waals surface area (Å²) in [5.41, 5.74) is 6.39. The van der Waals surface area contributed by atoms with E-state index < -0.39 is 0 Å². The molecule has 0 atom stereocenters. The molecule has 3 rings (SSSR count). The zero-order chi connectivity index (χ0) is 14.7. The first kappa shape index (κ1) is 13.2. The molecule has 0 fully saturated rings. The van der Waals surface area contributed by atoms with E-state index in [1.165, 1.54) is 0 Å². The van der Waals surface area contributed by atoms with Crippen LogP contribution in [0.1, 0.15) is 6.92 Å². The smallest absolute Gasteiger partial charge is 0.145 e. The van der Waals surface area contributed by atoms with Crippen LogP contribution in [0.2, 0.25) is 0 Å². The molecule has 0 radical (unpaired) electrons. The van der Waals surface area contributed by atoms with Gasteiger partial charge in [0.25, 0.3) is 0 Å². The van der Waals surface area contributed by atoms with Crippen molar-refractivity contribution in [1.82, 2.24) is 9.97 Å². The lowest BCUT2D eigenvalue weighted by Crippen LogP contribution is -1.93. The van der Waals surface area contributed by atoms with Crippen molar-refractivity contribution in [1.29, 1.82) is 0 Å². The van der Waals surface area contributed by atoms with Gasteiger partial charge in [0.05, 0.1) is 18.3 Å². The van der Waals surface area contributed by atoms with E-state index in [0.717, 1.165) is 22.4 Å². The first-order valence-electron chi connectivity index (χ1n) is 6.67. The van der Waals surface area contributed by atoms with Crippen LogP contribution >= 0.6 is 0 Å². The third-order valence-electron chi connectivity index (χ3n) is 2.97. The molecule has 2 aromatic heterocycles. The fraction of sp³-hybridized carbons (Fsp3) is 0.125. The lowest BCUT2D eigenvalue weighted by atomic mass is 10.2. The number of aromatic nitrogens is 2. The Morgan fingerprint density at radius 2 is 1.90 bits per heavy atom. The van der Waals surface area contributed by atoms with Crippen molar-refractivity contribution in [3.8, 4) is 17.2 Å². The molecular formula is C16H15N3O2. The Labute approximate surface area is 122 Å². The molecule has 5 nitrogen and oxygen atoms in total. The molecule has 106 valence electrons. The van der Waals surface area contributed by atoms with Crippen molar-refractivity contribution in [2.45, 2.75) is 6.92 Å².